The highest BCUT2D eigenvalue weighted by molar-refractivity contribution is 5.81. The van der Waals surface area contributed by atoms with E-state index < -0.39 is 53.3 Å². The van der Waals surface area contributed by atoms with Crippen LogP contribution in [0, 0.1) is 23.0 Å². The molecule has 5 rings (SSSR count). The molecule has 4 aromatic rings. The van der Waals surface area contributed by atoms with Gasteiger partial charge in [0.1, 0.15) is 35.5 Å². The average Bonchev–Trinajstić information content (AvgIpc) is 3.79. The Labute approximate surface area is 304 Å². The molecule has 0 radical (unpaired) electrons. The molecule has 1 aliphatic rings. The molecule has 13 nitrogen and oxygen atoms in total. The summed E-state index contributed by atoms with van der Waals surface area (Å²) in [5.74, 6) is -2.99. The Hall–Kier alpha value is -5.22. The van der Waals surface area contributed by atoms with Crippen LogP contribution in [-0.2, 0) is 22.6 Å². The fourth-order valence-corrected chi connectivity index (χ4v) is 6.60. The van der Waals surface area contributed by atoms with Crippen molar-refractivity contribution in [2.24, 2.45) is 11.3 Å². The van der Waals surface area contributed by atoms with E-state index in [1.165, 1.54) is 46.9 Å². The zero-order valence-corrected chi connectivity index (χ0v) is 29.7. The Morgan fingerprint density at radius 1 is 1.09 bits per heavy atom. The monoisotopic (exact) mass is 742 g/mol. The van der Waals surface area contributed by atoms with Crippen LogP contribution in [0.5, 0.6) is 17.5 Å². The summed E-state index contributed by atoms with van der Waals surface area (Å²) in [6.07, 6.45) is -1.97. The fraction of sp³-hybridized carbons (Fsp3) is 0.432. The molecule has 1 aliphatic heterocycles. The summed E-state index contributed by atoms with van der Waals surface area (Å²) in [6.45, 7) is 5.06. The Bertz CT molecular complexity index is 1880. The van der Waals surface area contributed by atoms with Crippen molar-refractivity contribution in [3.8, 4) is 28.8 Å². The Morgan fingerprint density at radius 3 is 2.49 bits per heavy atom. The lowest BCUT2D eigenvalue weighted by molar-refractivity contribution is -0.146. The Balaban J connectivity index is 1.52. The van der Waals surface area contributed by atoms with Gasteiger partial charge >= 0.3 is 6.09 Å². The van der Waals surface area contributed by atoms with Crippen LogP contribution in [0.2, 0.25) is 0 Å². The topological polar surface area (TPSA) is 174 Å². The average molecular weight is 743 g/mol. The fourth-order valence-electron chi connectivity index (χ4n) is 6.60. The van der Waals surface area contributed by atoms with Gasteiger partial charge in [0.25, 0.3) is 5.91 Å². The van der Waals surface area contributed by atoms with Gasteiger partial charge < -0.3 is 45.3 Å². The number of nitrogens with one attached hydrogen (secondary N) is 2. The van der Waals surface area contributed by atoms with Gasteiger partial charge in [0.15, 0.2) is 11.8 Å². The standard InChI is InChI=1S/C37H45F3N6O7/c1-22(47)35(51)46(20-24-17-41-18-29(24)40)33(37(2,3)11-14-53-36(52)42-12-13-45-31(49)9-10-32(45)50)34-43-30(27-16-25(38)7-8-28(27)39)21-44(34)19-23-5-4-6-26(48)15-23/h4-10,15-16,21-22,24,29,33,41,47-50H,11-14,17-20H2,1-3H3,(H,42,52). The summed E-state index contributed by atoms with van der Waals surface area (Å²) in [6, 6.07) is 10.9. The third-order valence-corrected chi connectivity index (χ3v) is 9.42. The summed E-state index contributed by atoms with van der Waals surface area (Å²) in [4.78, 5) is 32.8. The molecule has 3 heterocycles. The molecule has 1 fully saturated rings. The van der Waals surface area contributed by atoms with Crippen LogP contribution in [0.1, 0.15) is 44.6 Å². The summed E-state index contributed by atoms with van der Waals surface area (Å²) >= 11 is 0. The molecule has 4 atom stereocenters. The number of amides is 2. The number of aromatic nitrogens is 3. The van der Waals surface area contributed by atoms with Crippen LogP contribution >= 0.6 is 0 Å². The van der Waals surface area contributed by atoms with Gasteiger partial charge in [0.05, 0.1) is 18.3 Å². The zero-order valence-electron chi connectivity index (χ0n) is 29.7. The lowest BCUT2D eigenvalue weighted by Crippen LogP contribution is -2.50. The van der Waals surface area contributed by atoms with Crippen LogP contribution in [0.25, 0.3) is 11.3 Å². The second-order valence-electron chi connectivity index (χ2n) is 13.9. The van der Waals surface area contributed by atoms with Gasteiger partial charge in [-0.1, -0.05) is 26.0 Å². The predicted octanol–water partition coefficient (Wildman–Crippen LogP) is 4.45. The Morgan fingerprint density at radius 2 is 1.83 bits per heavy atom. The molecule has 4 unspecified atom stereocenters. The van der Waals surface area contributed by atoms with Crippen LogP contribution < -0.4 is 10.6 Å². The molecule has 2 aromatic heterocycles. The van der Waals surface area contributed by atoms with Gasteiger partial charge in [-0.3, -0.25) is 9.36 Å². The third-order valence-electron chi connectivity index (χ3n) is 9.42. The summed E-state index contributed by atoms with van der Waals surface area (Å²) in [5.41, 5.74) is -0.518. The number of aliphatic hydroxyl groups excluding tert-OH is 1. The number of phenols is 1. The number of benzene rings is 2. The maximum atomic E-state index is 15.2. The largest absolute Gasteiger partial charge is 0.508 e. The van der Waals surface area contributed by atoms with Crippen LogP contribution in [-0.4, -0.2) is 96.5 Å². The van der Waals surface area contributed by atoms with Gasteiger partial charge in [-0.25, -0.2) is 22.9 Å². The number of hydrogen-bond acceptors (Lipinski definition) is 9. The van der Waals surface area contributed by atoms with E-state index in [9.17, 15) is 34.4 Å². The third kappa shape index (κ3) is 9.42. The highest BCUT2D eigenvalue weighted by Gasteiger charge is 2.44. The van der Waals surface area contributed by atoms with Crippen molar-refractivity contribution < 1.29 is 47.9 Å². The molecular formula is C37H45F3N6O7. The van der Waals surface area contributed by atoms with Crippen LogP contribution in [0.3, 0.4) is 0 Å². The van der Waals surface area contributed by atoms with E-state index in [0.29, 0.717) is 5.56 Å². The molecule has 16 heteroatoms. The number of carbonyl (C=O) groups is 2. The first-order chi connectivity index (χ1) is 25.1. The van der Waals surface area contributed by atoms with E-state index in [0.717, 1.165) is 18.2 Å². The second-order valence-corrected chi connectivity index (χ2v) is 13.9. The van der Waals surface area contributed by atoms with Crippen molar-refractivity contribution >= 4 is 12.0 Å². The molecule has 0 spiro atoms. The normalized spacial score (nSPS) is 17.0. The molecular weight excluding hydrogens is 697 g/mol. The first kappa shape index (κ1) is 39.0. The number of alkyl halides is 1. The molecule has 0 saturated carbocycles. The van der Waals surface area contributed by atoms with E-state index in [-0.39, 0.29) is 86.9 Å². The van der Waals surface area contributed by atoms with Crippen molar-refractivity contribution in [2.75, 3.05) is 32.8 Å². The maximum absolute atomic E-state index is 15.2. The van der Waals surface area contributed by atoms with E-state index >= 15 is 8.78 Å². The minimum atomic E-state index is -1.50. The molecule has 2 aromatic carbocycles. The Kier molecular flexibility index (Phi) is 12.2. The minimum absolute atomic E-state index is 0.0107. The lowest BCUT2D eigenvalue weighted by Gasteiger charge is -2.43. The number of alkyl carbamates (subject to hydrolysis) is 1. The number of carbonyl (C=O) groups excluding carboxylic acids is 2. The summed E-state index contributed by atoms with van der Waals surface area (Å²) in [5, 5.41) is 46.1. The first-order valence-corrected chi connectivity index (χ1v) is 17.3. The van der Waals surface area contributed by atoms with Crippen molar-refractivity contribution in [3.05, 3.63) is 83.8 Å². The van der Waals surface area contributed by atoms with Gasteiger partial charge in [-0.2, -0.15) is 0 Å². The number of hydrogen-bond donors (Lipinski definition) is 6. The minimum Gasteiger partial charge on any atom is -0.508 e. The summed E-state index contributed by atoms with van der Waals surface area (Å²) in [7, 11) is 0. The number of ether oxygens (including phenoxy) is 1. The number of aromatic hydroxyl groups is 3. The van der Waals surface area contributed by atoms with E-state index in [1.807, 2.05) is 0 Å². The van der Waals surface area contributed by atoms with Gasteiger partial charge in [-0.05, 0) is 54.7 Å². The molecule has 6 N–H and O–H groups in total. The maximum Gasteiger partial charge on any atom is 0.407 e. The number of phenolic OH excluding ortho intramolecular Hbond substituents is 1. The molecule has 0 aliphatic carbocycles. The van der Waals surface area contributed by atoms with Crippen molar-refractivity contribution in [2.45, 2.75) is 58.6 Å². The lowest BCUT2D eigenvalue weighted by atomic mass is 9.79. The van der Waals surface area contributed by atoms with Gasteiger partial charge in [0.2, 0.25) is 0 Å². The van der Waals surface area contributed by atoms with E-state index in [1.54, 1.807) is 30.5 Å². The predicted molar refractivity (Wildman–Crippen MR) is 188 cm³/mol. The van der Waals surface area contributed by atoms with Crippen molar-refractivity contribution in [3.63, 3.8) is 0 Å². The quantitative estimate of drug-likeness (QED) is 0.103. The van der Waals surface area contributed by atoms with Gasteiger partial charge in [0, 0.05) is 69.1 Å². The zero-order chi connectivity index (χ0) is 38.4. The number of imidazole rings is 1. The molecule has 53 heavy (non-hydrogen) atoms. The summed E-state index contributed by atoms with van der Waals surface area (Å²) < 4.78 is 53.1. The molecule has 0 bridgehead atoms. The molecule has 2 amide bonds. The highest BCUT2D eigenvalue weighted by atomic mass is 19.1. The number of aliphatic hydroxyl groups is 1. The number of halogens is 3. The molecule has 286 valence electrons. The SMILES string of the molecule is CC(O)C(=O)N(CC1CNCC1F)C(c1nc(-c2cc(F)ccc2F)cn1Cc1cccc(O)c1)C(C)(C)CCOC(=O)NCCn1c(O)ccc1O. The smallest absolute Gasteiger partial charge is 0.407 e. The first-order valence-electron chi connectivity index (χ1n) is 17.3. The van der Waals surface area contributed by atoms with Crippen molar-refractivity contribution in [1.29, 1.82) is 0 Å². The van der Waals surface area contributed by atoms with Crippen LogP contribution in [0.4, 0.5) is 18.0 Å². The number of nitrogens with zero attached hydrogens (tertiary/aromatic N) is 4. The highest BCUT2D eigenvalue weighted by Crippen LogP contribution is 2.43. The second kappa shape index (κ2) is 16.6. The molecule has 1 saturated heterocycles. The van der Waals surface area contributed by atoms with Crippen molar-refractivity contribution in [1.82, 2.24) is 29.7 Å². The van der Waals surface area contributed by atoms with Crippen LogP contribution in [0.15, 0.2) is 60.8 Å². The number of rotatable bonds is 15. The van der Waals surface area contributed by atoms with E-state index in [4.69, 9.17) is 9.72 Å². The van der Waals surface area contributed by atoms with E-state index in [2.05, 4.69) is 10.6 Å². The van der Waals surface area contributed by atoms with Gasteiger partial charge in [-0.15, -0.1) is 0 Å².